The second kappa shape index (κ2) is 10.9. The molecule has 50 heavy (non-hydrogen) atoms. The highest BCUT2D eigenvalue weighted by atomic mass is 15.1. The second-order valence-corrected chi connectivity index (χ2v) is 14.0. The van der Waals surface area contributed by atoms with Gasteiger partial charge in [0.1, 0.15) is 5.82 Å². The Kier molecular flexibility index (Phi) is 6.25. The average Bonchev–Trinajstić information content (AvgIpc) is 3.66. The van der Waals surface area contributed by atoms with Gasteiger partial charge in [0.25, 0.3) is 0 Å². The maximum Gasteiger partial charge on any atom is 0.145 e. The Morgan fingerprint density at radius 1 is 0.440 bits per heavy atom. The van der Waals surface area contributed by atoms with Gasteiger partial charge in [-0.1, -0.05) is 141 Å². The summed E-state index contributed by atoms with van der Waals surface area (Å²) in [7, 11) is 0. The van der Waals surface area contributed by atoms with Gasteiger partial charge in [-0.2, -0.15) is 0 Å². The fourth-order valence-corrected chi connectivity index (χ4v) is 8.47. The predicted octanol–water partition coefficient (Wildman–Crippen LogP) is 12.6. The molecule has 0 N–H and O–H groups in total. The van der Waals surface area contributed by atoms with Crippen LogP contribution in [0.15, 0.2) is 170 Å². The van der Waals surface area contributed by atoms with E-state index in [1.807, 2.05) is 0 Å². The van der Waals surface area contributed by atoms with E-state index in [-0.39, 0.29) is 5.41 Å². The number of aromatic nitrogens is 2. The Morgan fingerprint density at radius 3 is 1.84 bits per heavy atom. The lowest BCUT2D eigenvalue weighted by Crippen LogP contribution is -2.14. The molecule has 0 saturated carbocycles. The molecule has 0 amide bonds. The standard InChI is InChI=1S/C48H34N2/c1-48(2)41-25-12-11-22-35(41)38-29-39-40(30-42(38)48)46(37-24-10-9-23-36(37)45(39)31-16-5-3-6-17-31)32-18-15-19-33(28-32)47-49-43-26-13-14-27-44(43)50(47)34-20-7-4-8-21-34/h3-30H,1-2H3. The van der Waals surface area contributed by atoms with Crippen LogP contribution in [0.3, 0.4) is 0 Å². The Hall–Kier alpha value is -6.25. The van der Waals surface area contributed by atoms with Gasteiger partial charge in [-0.05, 0) is 109 Å². The first kappa shape index (κ1) is 28.7. The lowest BCUT2D eigenvalue weighted by Gasteiger charge is -2.24. The number of nitrogens with zero attached hydrogens (tertiary/aromatic N) is 2. The molecule has 1 aliphatic carbocycles. The van der Waals surface area contributed by atoms with Crippen LogP contribution in [0.2, 0.25) is 0 Å². The van der Waals surface area contributed by atoms with Crippen molar-refractivity contribution >= 4 is 32.6 Å². The third-order valence-corrected chi connectivity index (χ3v) is 10.8. The molecule has 0 radical (unpaired) electrons. The Labute approximate surface area is 291 Å². The van der Waals surface area contributed by atoms with Crippen LogP contribution >= 0.6 is 0 Å². The SMILES string of the molecule is CC1(C)c2ccccc2-c2cc3c(-c4ccccc4)c4ccccc4c(-c4cccc(-c5nc6ccccc6n5-c5ccccc5)c4)c3cc21. The summed E-state index contributed by atoms with van der Waals surface area (Å²) in [5, 5.41) is 5.06. The molecule has 0 aliphatic heterocycles. The van der Waals surface area contributed by atoms with Crippen molar-refractivity contribution in [2.45, 2.75) is 19.3 Å². The highest BCUT2D eigenvalue weighted by Crippen LogP contribution is 2.53. The molecule has 0 unspecified atom stereocenters. The first-order valence-electron chi connectivity index (χ1n) is 17.4. The molecule has 2 heteroatoms. The fourth-order valence-electron chi connectivity index (χ4n) is 8.47. The molecule has 10 rings (SSSR count). The number of hydrogen-bond acceptors (Lipinski definition) is 1. The van der Waals surface area contributed by atoms with Gasteiger partial charge < -0.3 is 0 Å². The zero-order valence-electron chi connectivity index (χ0n) is 28.1. The normalized spacial score (nSPS) is 13.2. The molecule has 0 fully saturated rings. The van der Waals surface area contributed by atoms with Crippen LogP contribution in [0, 0.1) is 0 Å². The van der Waals surface area contributed by atoms with Crippen molar-refractivity contribution in [1.82, 2.24) is 9.55 Å². The van der Waals surface area contributed by atoms with E-state index in [4.69, 9.17) is 4.98 Å². The lowest BCUT2D eigenvalue weighted by atomic mass is 9.79. The predicted molar refractivity (Wildman–Crippen MR) is 210 cm³/mol. The molecule has 1 aliphatic rings. The minimum absolute atomic E-state index is 0.113. The van der Waals surface area contributed by atoms with Gasteiger partial charge in [-0.3, -0.25) is 4.57 Å². The van der Waals surface area contributed by atoms with E-state index in [0.29, 0.717) is 0 Å². The van der Waals surface area contributed by atoms with Crippen LogP contribution in [0.5, 0.6) is 0 Å². The number of rotatable bonds is 4. The Balaban J connectivity index is 1.30. The van der Waals surface area contributed by atoms with Gasteiger partial charge in [0.05, 0.1) is 11.0 Å². The molecule has 0 bridgehead atoms. The van der Waals surface area contributed by atoms with Gasteiger partial charge in [0.2, 0.25) is 0 Å². The molecule has 0 spiro atoms. The minimum atomic E-state index is -0.113. The quantitative estimate of drug-likeness (QED) is 0.175. The Bertz CT molecular complexity index is 2770. The van der Waals surface area contributed by atoms with Crippen LogP contribution in [0.4, 0.5) is 0 Å². The smallest absolute Gasteiger partial charge is 0.145 e. The number of imidazole rings is 1. The maximum absolute atomic E-state index is 5.22. The Morgan fingerprint density at radius 2 is 1.04 bits per heavy atom. The van der Waals surface area contributed by atoms with E-state index in [9.17, 15) is 0 Å². The van der Waals surface area contributed by atoms with Crippen LogP contribution in [-0.2, 0) is 5.41 Å². The topological polar surface area (TPSA) is 17.8 Å². The molecule has 2 nitrogen and oxygen atoms in total. The first-order chi connectivity index (χ1) is 24.6. The first-order valence-corrected chi connectivity index (χ1v) is 17.4. The van der Waals surface area contributed by atoms with Crippen LogP contribution in [0.25, 0.3) is 83.0 Å². The van der Waals surface area contributed by atoms with Crippen molar-refractivity contribution in [3.63, 3.8) is 0 Å². The largest absolute Gasteiger partial charge is 0.292 e. The molecule has 0 saturated heterocycles. The highest BCUT2D eigenvalue weighted by Gasteiger charge is 2.36. The summed E-state index contributed by atoms with van der Waals surface area (Å²) in [5.74, 6) is 0.936. The van der Waals surface area contributed by atoms with Gasteiger partial charge in [-0.15, -0.1) is 0 Å². The molecule has 236 valence electrons. The van der Waals surface area contributed by atoms with Gasteiger partial charge in [0, 0.05) is 16.7 Å². The van der Waals surface area contributed by atoms with Crippen molar-refractivity contribution in [3.8, 4) is 50.5 Å². The van der Waals surface area contributed by atoms with Gasteiger partial charge in [0.15, 0.2) is 0 Å². The summed E-state index contributed by atoms with van der Waals surface area (Å²) in [4.78, 5) is 5.22. The average molecular weight is 639 g/mol. The minimum Gasteiger partial charge on any atom is -0.292 e. The summed E-state index contributed by atoms with van der Waals surface area (Å²) in [6.07, 6.45) is 0. The molecule has 1 aromatic heterocycles. The monoisotopic (exact) mass is 638 g/mol. The van der Waals surface area contributed by atoms with E-state index >= 15 is 0 Å². The van der Waals surface area contributed by atoms with Crippen molar-refractivity contribution < 1.29 is 0 Å². The van der Waals surface area contributed by atoms with E-state index < -0.39 is 0 Å². The third-order valence-electron chi connectivity index (χ3n) is 10.8. The molecule has 0 atom stereocenters. The molecule has 8 aromatic carbocycles. The summed E-state index contributed by atoms with van der Waals surface area (Å²) in [6.45, 7) is 4.74. The number of fused-ring (bicyclic) bond motifs is 6. The van der Waals surface area contributed by atoms with Gasteiger partial charge >= 0.3 is 0 Å². The van der Waals surface area contributed by atoms with E-state index in [1.54, 1.807) is 0 Å². The lowest BCUT2D eigenvalue weighted by molar-refractivity contribution is 0.661. The van der Waals surface area contributed by atoms with Crippen LogP contribution < -0.4 is 0 Å². The van der Waals surface area contributed by atoms with Crippen LogP contribution in [-0.4, -0.2) is 9.55 Å². The highest BCUT2D eigenvalue weighted by molar-refractivity contribution is 6.22. The van der Waals surface area contributed by atoms with Crippen molar-refractivity contribution in [1.29, 1.82) is 0 Å². The third kappa shape index (κ3) is 4.18. The molecular weight excluding hydrogens is 605 g/mol. The fraction of sp³-hybridized carbons (Fsp3) is 0.0625. The second-order valence-electron chi connectivity index (χ2n) is 14.0. The maximum atomic E-state index is 5.22. The van der Waals surface area contributed by atoms with Gasteiger partial charge in [-0.25, -0.2) is 4.98 Å². The number of benzene rings is 8. The van der Waals surface area contributed by atoms with Crippen LogP contribution in [0.1, 0.15) is 25.0 Å². The van der Waals surface area contributed by atoms with E-state index in [2.05, 4.69) is 188 Å². The van der Waals surface area contributed by atoms with E-state index in [1.165, 1.54) is 66.1 Å². The van der Waals surface area contributed by atoms with Crippen molar-refractivity contribution in [2.75, 3.05) is 0 Å². The number of hydrogen-bond donors (Lipinski definition) is 0. The summed E-state index contributed by atoms with van der Waals surface area (Å²) < 4.78 is 2.29. The number of para-hydroxylation sites is 3. The van der Waals surface area contributed by atoms with E-state index in [0.717, 1.165) is 28.1 Å². The summed E-state index contributed by atoms with van der Waals surface area (Å²) in [5.41, 5.74) is 14.5. The zero-order chi connectivity index (χ0) is 33.4. The zero-order valence-corrected chi connectivity index (χ0v) is 28.1. The van der Waals surface area contributed by atoms with Crippen molar-refractivity contribution in [2.24, 2.45) is 0 Å². The summed E-state index contributed by atoms with van der Waals surface area (Å²) in [6, 6.07) is 61.8. The molecular formula is C48H34N2. The summed E-state index contributed by atoms with van der Waals surface area (Å²) >= 11 is 0. The van der Waals surface area contributed by atoms with Crippen molar-refractivity contribution in [3.05, 3.63) is 181 Å². The molecule has 9 aromatic rings. The molecule has 1 heterocycles.